The first-order valence-corrected chi connectivity index (χ1v) is 11.3. The van der Waals surface area contributed by atoms with Gasteiger partial charge in [0.1, 0.15) is 0 Å². The van der Waals surface area contributed by atoms with Gasteiger partial charge in [-0.15, -0.1) is 10.2 Å². The Hall–Kier alpha value is -2.55. The molecule has 0 spiro atoms. The van der Waals surface area contributed by atoms with Gasteiger partial charge in [-0.05, 0) is 44.2 Å². The highest BCUT2D eigenvalue weighted by Gasteiger charge is 2.15. The average Bonchev–Trinajstić information content (AvgIpc) is 3.15. The fraction of sp³-hybridized carbons (Fsp3) is 0.238. The van der Waals surface area contributed by atoms with E-state index in [1.54, 1.807) is 30.3 Å². The van der Waals surface area contributed by atoms with Crippen molar-refractivity contribution < 1.29 is 9.59 Å². The summed E-state index contributed by atoms with van der Waals surface area (Å²) in [4.78, 5) is 24.6. The van der Waals surface area contributed by atoms with Crippen LogP contribution in [0.5, 0.6) is 0 Å². The van der Waals surface area contributed by atoms with E-state index < -0.39 is 0 Å². The van der Waals surface area contributed by atoms with Crippen molar-refractivity contribution in [2.75, 3.05) is 11.1 Å². The van der Waals surface area contributed by atoms with E-state index in [0.717, 1.165) is 5.56 Å². The van der Waals surface area contributed by atoms with Crippen LogP contribution in [-0.4, -0.2) is 32.3 Å². The SMILES string of the molecule is CCn1c(CNC(=O)c2ccc(C)cc2)nnc1SCC(=O)Nc1cc(Cl)ccc1Cl. The maximum Gasteiger partial charge on any atom is 0.251 e. The van der Waals surface area contributed by atoms with E-state index >= 15 is 0 Å². The fourth-order valence-corrected chi connectivity index (χ4v) is 3.91. The van der Waals surface area contributed by atoms with Gasteiger partial charge in [-0.25, -0.2) is 0 Å². The third-order valence-corrected chi connectivity index (χ3v) is 5.90. The van der Waals surface area contributed by atoms with Crippen LogP contribution >= 0.6 is 35.0 Å². The van der Waals surface area contributed by atoms with Crippen molar-refractivity contribution in [1.29, 1.82) is 0 Å². The summed E-state index contributed by atoms with van der Waals surface area (Å²) in [5.41, 5.74) is 2.13. The standard InChI is InChI=1S/C21H21Cl2N5O2S/c1-3-28-18(11-24-20(30)14-6-4-13(2)5-7-14)26-27-21(28)31-12-19(29)25-17-10-15(22)8-9-16(17)23/h4-10H,3,11-12H2,1-2H3,(H,24,30)(H,25,29). The van der Waals surface area contributed by atoms with Crippen molar-refractivity contribution in [1.82, 2.24) is 20.1 Å². The van der Waals surface area contributed by atoms with Gasteiger partial charge in [-0.3, -0.25) is 9.59 Å². The number of amides is 2. The summed E-state index contributed by atoms with van der Waals surface area (Å²) in [5.74, 6) is 0.312. The van der Waals surface area contributed by atoms with Crippen LogP contribution in [0.25, 0.3) is 0 Å². The molecule has 0 aliphatic heterocycles. The van der Waals surface area contributed by atoms with Gasteiger partial charge >= 0.3 is 0 Å². The second kappa shape index (κ2) is 10.7. The molecule has 0 bridgehead atoms. The Kier molecular flexibility index (Phi) is 7.95. The smallest absolute Gasteiger partial charge is 0.251 e. The van der Waals surface area contributed by atoms with Crippen molar-refractivity contribution in [3.63, 3.8) is 0 Å². The molecule has 0 aliphatic rings. The maximum absolute atomic E-state index is 12.3. The largest absolute Gasteiger partial charge is 0.345 e. The van der Waals surface area contributed by atoms with Crippen LogP contribution in [0.4, 0.5) is 5.69 Å². The van der Waals surface area contributed by atoms with E-state index in [9.17, 15) is 9.59 Å². The average molecular weight is 478 g/mol. The van der Waals surface area contributed by atoms with Gasteiger partial charge < -0.3 is 15.2 Å². The number of carbonyl (C=O) groups is 2. The summed E-state index contributed by atoms with van der Waals surface area (Å²) >= 11 is 13.3. The number of hydrogen-bond acceptors (Lipinski definition) is 5. The summed E-state index contributed by atoms with van der Waals surface area (Å²) < 4.78 is 1.86. The molecular weight excluding hydrogens is 457 g/mol. The lowest BCUT2D eigenvalue weighted by atomic mass is 10.1. The first-order valence-electron chi connectivity index (χ1n) is 9.52. The van der Waals surface area contributed by atoms with Crippen molar-refractivity contribution in [2.24, 2.45) is 0 Å². The van der Waals surface area contributed by atoms with Crippen LogP contribution in [-0.2, 0) is 17.9 Å². The molecule has 2 N–H and O–H groups in total. The summed E-state index contributed by atoms with van der Waals surface area (Å²) in [6.07, 6.45) is 0. The van der Waals surface area contributed by atoms with E-state index in [2.05, 4.69) is 20.8 Å². The fourth-order valence-electron chi connectivity index (χ4n) is 2.75. The summed E-state index contributed by atoms with van der Waals surface area (Å²) in [6, 6.07) is 12.2. The van der Waals surface area contributed by atoms with Gasteiger partial charge in [0, 0.05) is 17.1 Å². The molecule has 0 saturated heterocycles. The highest BCUT2D eigenvalue weighted by Crippen LogP contribution is 2.26. The summed E-state index contributed by atoms with van der Waals surface area (Å²) in [7, 11) is 0. The summed E-state index contributed by atoms with van der Waals surface area (Å²) in [6.45, 7) is 4.75. The number of rotatable bonds is 8. The quantitative estimate of drug-likeness (QED) is 0.463. The Morgan fingerprint density at radius 1 is 1.10 bits per heavy atom. The van der Waals surface area contributed by atoms with Crippen LogP contribution in [0.1, 0.15) is 28.7 Å². The van der Waals surface area contributed by atoms with Gasteiger partial charge in [0.05, 0.1) is 23.0 Å². The number of hydrogen-bond donors (Lipinski definition) is 2. The lowest BCUT2D eigenvalue weighted by Gasteiger charge is -2.09. The van der Waals surface area contributed by atoms with Crippen molar-refractivity contribution in [2.45, 2.75) is 32.1 Å². The van der Waals surface area contributed by atoms with Crippen molar-refractivity contribution in [3.05, 3.63) is 69.5 Å². The first kappa shape index (κ1) is 23.1. The predicted octanol–water partition coefficient (Wildman–Crippen LogP) is 4.57. The Morgan fingerprint density at radius 3 is 2.55 bits per heavy atom. The van der Waals surface area contributed by atoms with Crippen LogP contribution in [0.2, 0.25) is 10.0 Å². The Balaban J connectivity index is 1.58. The molecule has 7 nitrogen and oxygen atoms in total. The molecule has 0 fully saturated rings. The zero-order valence-corrected chi connectivity index (χ0v) is 19.3. The predicted molar refractivity (Wildman–Crippen MR) is 124 cm³/mol. The molecule has 0 atom stereocenters. The molecule has 31 heavy (non-hydrogen) atoms. The number of anilines is 1. The zero-order valence-electron chi connectivity index (χ0n) is 17.0. The molecule has 2 aromatic carbocycles. The highest BCUT2D eigenvalue weighted by atomic mass is 35.5. The van der Waals surface area contributed by atoms with E-state index in [-0.39, 0.29) is 24.1 Å². The Bertz CT molecular complexity index is 1090. The highest BCUT2D eigenvalue weighted by molar-refractivity contribution is 7.99. The number of carbonyl (C=O) groups excluding carboxylic acids is 2. The normalized spacial score (nSPS) is 10.7. The Morgan fingerprint density at radius 2 is 1.84 bits per heavy atom. The maximum atomic E-state index is 12.3. The molecule has 3 rings (SSSR count). The minimum absolute atomic E-state index is 0.122. The van der Waals surface area contributed by atoms with Crippen molar-refractivity contribution >= 4 is 52.5 Å². The van der Waals surface area contributed by atoms with E-state index in [0.29, 0.717) is 38.8 Å². The third kappa shape index (κ3) is 6.22. The monoisotopic (exact) mass is 477 g/mol. The minimum atomic E-state index is -0.242. The molecule has 10 heteroatoms. The van der Waals surface area contributed by atoms with Crippen LogP contribution in [0.3, 0.4) is 0 Å². The Labute approximate surface area is 194 Å². The van der Waals surface area contributed by atoms with Gasteiger partial charge in [0.25, 0.3) is 5.91 Å². The van der Waals surface area contributed by atoms with Gasteiger partial charge in [-0.2, -0.15) is 0 Å². The second-order valence-corrected chi connectivity index (χ2v) is 8.44. The van der Waals surface area contributed by atoms with Gasteiger partial charge in [0.2, 0.25) is 5.91 Å². The van der Waals surface area contributed by atoms with Crippen LogP contribution < -0.4 is 10.6 Å². The number of benzene rings is 2. The molecular formula is C21H21Cl2N5O2S. The number of nitrogens with one attached hydrogen (secondary N) is 2. The lowest BCUT2D eigenvalue weighted by Crippen LogP contribution is -2.24. The number of thioether (sulfide) groups is 1. The van der Waals surface area contributed by atoms with E-state index in [1.165, 1.54) is 11.8 Å². The molecule has 0 unspecified atom stereocenters. The summed E-state index contributed by atoms with van der Waals surface area (Å²) in [5, 5.41) is 15.4. The number of nitrogens with zero attached hydrogens (tertiary/aromatic N) is 3. The molecule has 0 radical (unpaired) electrons. The zero-order chi connectivity index (χ0) is 22.4. The van der Waals surface area contributed by atoms with Crippen LogP contribution in [0.15, 0.2) is 47.6 Å². The number of aryl methyl sites for hydroxylation is 1. The van der Waals surface area contributed by atoms with Crippen LogP contribution in [0, 0.1) is 6.92 Å². The van der Waals surface area contributed by atoms with Gasteiger partial charge in [0.15, 0.2) is 11.0 Å². The first-order chi connectivity index (χ1) is 14.9. The molecule has 0 aliphatic carbocycles. The molecule has 0 saturated carbocycles. The molecule has 162 valence electrons. The third-order valence-electron chi connectivity index (χ3n) is 4.37. The molecule has 1 aromatic heterocycles. The second-order valence-electron chi connectivity index (χ2n) is 6.65. The minimum Gasteiger partial charge on any atom is -0.345 e. The van der Waals surface area contributed by atoms with E-state index in [4.69, 9.17) is 23.2 Å². The lowest BCUT2D eigenvalue weighted by molar-refractivity contribution is -0.113. The molecule has 2 amide bonds. The number of aromatic nitrogens is 3. The van der Waals surface area contributed by atoms with Crippen molar-refractivity contribution in [3.8, 4) is 0 Å². The van der Waals surface area contributed by atoms with Gasteiger partial charge in [-0.1, -0.05) is 52.7 Å². The number of halogens is 2. The molecule has 1 heterocycles. The topological polar surface area (TPSA) is 88.9 Å². The van der Waals surface area contributed by atoms with E-state index in [1.807, 2.05) is 30.5 Å². The molecule has 3 aromatic rings.